The van der Waals surface area contributed by atoms with Gasteiger partial charge in [-0.25, -0.2) is 4.98 Å². The van der Waals surface area contributed by atoms with E-state index < -0.39 is 0 Å². The Morgan fingerprint density at radius 3 is 2.85 bits per heavy atom. The molecule has 106 valence electrons. The van der Waals surface area contributed by atoms with Gasteiger partial charge in [-0.2, -0.15) is 0 Å². The highest BCUT2D eigenvalue weighted by Gasteiger charge is 2.12. The van der Waals surface area contributed by atoms with Gasteiger partial charge < -0.3 is 15.1 Å². The molecule has 2 aromatic rings. The second-order valence-corrected chi connectivity index (χ2v) is 5.42. The third kappa shape index (κ3) is 3.20. The van der Waals surface area contributed by atoms with Crippen molar-refractivity contribution in [2.24, 2.45) is 5.92 Å². The molecule has 3 rings (SSSR count). The highest BCUT2D eigenvalue weighted by molar-refractivity contribution is 5.61. The molecule has 20 heavy (non-hydrogen) atoms. The normalized spacial score (nSPS) is 18.9. The minimum atomic E-state index is 0.701. The van der Waals surface area contributed by atoms with Crippen molar-refractivity contribution in [3.05, 3.63) is 36.4 Å². The molecular formula is C16H21N3O. The van der Waals surface area contributed by atoms with Gasteiger partial charge in [0, 0.05) is 24.7 Å². The summed E-state index contributed by atoms with van der Waals surface area (Å²) in [6.07, 6.45) is 4.30. The summed E-state index contributed by atoms with van der Waals surface area (Å²) in [6.45, 7) is 5.19. The van der Waals surface area contributed by atoms with Crippen molar-refractivity contribution in [1.29, 1.82) is 0 Å². The Bertz CT molecular complexity index is 541. The van der Waals surface area contributed by atoms with Crippen LogP contribution in [0.15, 0.2) is 34.9 Å². The van der Waals surface area contributed by atoms with Gasteiger partial charge in [-0.15, -0.1) is 0 Å². The molecule has 1 atom stereocenters. The molecule has 2 N–H and O–H groups in total. The number of hydrogen-bond donors (Lipinski definition) is 2. The summed E-state index contributed by atoms with van der Waals surface area (Å²) in [4.78, 5) is 4.33. The van der Waals surface area contributed by atoms with Gasteiger partial charge in [0.2, 0.25) is 0 Å². The van der Waals surface area contributed by atoms with Gasteiger partial charge in [-0.05, 0) is 44.0 Å². The second-order valence-electron chi connectivity index (χ2n) is 5.42. The van der Waals surface area contributed by atoms with Crippen LogP contribution in [0.2, 0.25) is 0 Å². The van der Waals surface area contributed by atoms with Crippen LogP contribution in [0.1, 0.15) is 18.7 Å². The maximum atomic E-state index is 5.24. The molecule has 2 heterocycles. The minimum Gasteiger partial charge on any atom is -0.449 e. The van der Waals surface area contributed by atoms with E-state index in [9.17, 15) is 0 Å². The number of benzene rings is 1. The first-order valence-corrected chi connectivity index (χ1v) is 7.28. The lowest BCUT2D eigenvalue weighted by Gasteiger charge is -2.23. The molecule has 4 heteroatoms. The monoisotopic (exact) mass is 271 g/mol. The number of aryl methyl sites for hydroxylation is 1. The number of hydrogen-bond acceptors (Lipinski definition) is 4. The molecule has 1 fully saturated rings. The van der Waals surface area contributed by atoms with E-state index >= 15 is 0 Å². The SMILES string of the molecule is Cc1nc(-c2ccc(NCC3CCCNC3)cc2)co1. The van der Waals surface area contributed by atoms with Crippen molar-refractivity contribution in [2.45, 2.75) is 19.8 Å². The predicted octanol–water partition coefficient (Wildman–Crippen LogP) is 3.06. The van der Waals surface area contributed by atoms with Crippen LogP contribution >= 0.6 is 0 Å². The van der Waals surface area contributed by atoms with E-state index in [0.29, 0.717) is 5.89 Å². The van der Waals surface area contributed by atoms with Gasteiger partial charge in [0.1, 0.15) is 12.0 Å². The Kier molecular flexibility index (Phi) is 4.02. The summed E-state index contributed by atoms with van der Waals surface area (Å²) < 4.78 is 5.24. The van der Waals surface area contributed by atoms with Crippen molar-refractivity contribution >= 4 is 5.69 Å². The zero-order valence-corrected chi connectivity index (χ0v) is 11.9. The number of nitrogens with zero attached hydrogens (tertiary/aromatic N) is 1. The van der Waals surface area contributed by atoms with Gasteiger partial charge in [0.05, 0.1) is 0 Å². The van der Waals surface area contributed by atoms with E-state index in [1.54, 1.807) is 6.26 Å². The number of oxazole rings is 1. The maximum Gasteiger partial charge on any atom is 0.191 e. The van der Waals surface area contributed by atoms with Crippen LogP contribution in [0.4, 0.5) is 5.69 Å². The molecule has 0 amide bonds. The molecule has 1 aliphatic heterocycles. The molecule has 0 saturated carbocycles. The van der Waals surface area contributed by atoms with E-state index in [4.69, 9.17) is 4.42 Å². The van der Waals surface area contributed by atoms with Crippen molar-refractivity contribution < 1.29 is 4.42 Å². The van der Waals surface area contributed by atoms with Gasteiger partial charge in [0.15, 0.2) is 5.89 Å². The highest BCUT2D eigenvalue weighted by Crippen LogP contribution is 2.21. The maximum absolute atomic E-state index is 5.24. The van der Waals surface area contributed by atoms with E-state index in [-0.39, 0.29) is 0 Å². The lowest BCUT2D eigenvalue weighted by molar-refractivity contribution is 0.393. The summed E-state index contributed by atoms with van der Waals surface area (Å²) in [5.41, 5.74) is 3.15. The molecule has 1 aliphatic rings. The Labute approximate surface area is 119 Å². The third-order valence-corrected chi connectivity index (χ3v) is 3.79. The van der Waals surface area contributed by atoms with E-state index in [2.05, 4.69) is 39.9 Å². The fourth-order valence-corrected chi connectivity index (χ4v) is 2.62. The zero-order chi connectivity index (χ0) is 13.8. The Hall–Kier alpha value is -1.81. The molecule has 0 spiro atoms. The molecule has 1 saturated heterocycles. The van der Waals surface area contributed by atoms with Crippen LogP contribution in [0, 0.1) is 12.8 Å². The standard InChI is InChI=1S/C16H21N3O/c1-12-19-16(11-20-12)14-4-6-15(7-5-14)18-10-13-3-2-8-17-9-13/h4-7,11,13,17-18H,2-3,8-10H2,1H3. The number of anilines is 1. The number of rotatable bonds is 4. The van der Waals surface area contributed by atoms with Crippen molar-refractivity contribution in [3.8, 4) is 11.3 Å². The Morgan fingerprint density at radius 2 is 2.20 bits per heavy atom. The predicted molar refractivity (Wildman–Crippen MR) is 80.8 cm³/mol. The Morgan fingerprint density at radius 1 is 1.35 bits per heavy atom. The zero-order valence-electron chi connectivity index (χ0n) is 11.9. The minimum absolute atomic E-state index is 0.701. The number of piperidine rings is 1. The largest absolute Gasteiger partial charge is 0.449 e. The summed E-state index contributed by atoms with van der Waals surface area (Å²) in [5, 5.41) is 6.96. The Balaban J connectivity index is 1.58. The van der Waals surface area contributed by atoms with Gasteiger partial charge in [-0.1, -0.05) is 12.1 Å². The number of aromatic nitrogens is 1. The summed E-state index contributed by atoms with van der Waals surface area (Å²) in [6, 6.07) is 8.38. The van der Waals surface area contributed by atoms with Gasteiger partial charge >= 0.3 is 0 Å². The van der Waals surface area contributed by atoms with Crippen LogP contribution in [0.3, 0.4) is 0 Å². The van der Waals surface area contributed by atoms with Crippen molar-refractivity contribution in [3.63, 3.8) is 0 Å². The van der Waals surface area contributed by atoms with Crippen LogP contribution < -0.4 is 10.6 Å². The highest BCUT2D eigenvalue weighted by atomic mass is 16.3. The third-order valence-electron chi connectivity index (χ3n) is 3.79. The average molecular weight is 271 g/mol. The summed E-state index contributed by atoms with van der Waals surface area (Å²) in [7, 11) is 0. The van der Waals surface area contributed by atoms with Crippen LogP contribution in [-0.2, 0) is 0 Å². The molecule has 0 radical (unpaired) electrons. The topological polar surface area (TPSA) is 50.1 Å². The van der Waals surface area contributed by atoms with E-state index in [1.165, 1.54) is 25.1 Å². The van der Waals surface area contributed by atoms with E-state index in [1.807, 2.05) is 6.92 Å². The first kappa shape index (κ1) is 13.2. The van der Waals surface area contributed by atoms with Gasteiger partial charge in [0.25, 0.3) is 0 Å². The first-order chi connectivity index (χ1) is 9.81. The molecule has 1 aromatic carbocycles. The van der Waals surface area contributed by atoms with Crippen molar-refractivity contribution in [2.75, 3.05) is 25.0 Å². The van der Waals surface area contributed by atoms with Gasteiger partial charge in [-0.3, -0.25) is 0 Å². The lowest BCUT2D eigenvalue weighted by atomic mass is 9.99. The van der Waals surface area contributed by atoms with Crippen molar-refractivity contribution in [1.82, 2.24) is 10.3 Å². The summed E-state index contributed by atoms with van der Waals surface area (Å²) >= 11 is 0. The second kappa shape index (κ2) is 6.09. The average Bonchev–Trinajstić information content (AvgIpc) is 2.93. The molecule has 4 nitrogen and oxygen atoms in total. The summed E-state index contributed by atoms with van der Waals surface area (Å²) in [5.74, 6) is 1.44. The van der Waals surface area contributed by atoms with Crippen LogP contribution in [0.25, 0.3) is 11.3 Å². The molecule has 0 aliphatic carbocycles. The fourth-order valence-electron chi connectivity index (χ4n) is 2.62. The van der Waals surface area contributed by atoms with Crippen LogP contribution in [-0.4, -0.2) is 24.6 Å². The van der Waals surface area contributed by atoms with E-state index in [0.717, 1.165) is 30.3 Å². The smallest absolute Gasteiger partial charge is 0.191 e. The fraction of sp³-hybridized carbons (Fsp3) is 0.438. The quantitative estimate of drug-likeness (QED) is 0.897. The molecule has 0 bridgehead atoms. The molecular weight excluding hydrogens is 250 g/mol. The first-order valence-electron chi connectivity index (χ1n) is 7.28. The number of nitrogens with one attached hydrogen (secondary N) is 2. The van der Waals surface area contributed by atoms with Crippen LogP contribution in [0.5, 0.6) is 0 Å². The lowest BCUT2D eigenvalue weighted by Crippen LogP contribution is -2.33. The molecule has 1 unspecified atom stereocenters. The molecule has 1 aromatic heterocycles.